The Morgan fingerprint density at radius 2 is 1.62 bits per heavy atom. The lowest BCUT2D eigenvalue weighted by Crippen LogP contribution is -2.47. The molecule has 0 atom stereocenters. The maximum atomic E-state index is 12.9. The van der Waals surface area contributed by atoms with Crippen molar-refractivity contribution in [1.29, 1.82) is 0 Å². The van der Waals surface area contributed by atoms with Crippen LogP contribution in [-0.4, -0.2) is 74.7 Å². The molecule has 1 saturated heterocycles. The van der Waals surface area contributed by atoms with Gasteiger partial charge in [0, 0.05) is 45.5 Å². The second-order valence-corrected chi connectivity index (χ2v) is 7.67. The standard InChI is InChI=1S/C22H28N4O3/c1-24-6-8-25(9-7-24)22(27)17-10-19(14-23-13-17)26-5-4-16-11-20(28-2)21(29-3)12-18(16)15-26/h10-14H,4-9,15H2,1-3H3. The topological polar surface area (TPSA) is 58.1 Å². The third-order valence-corrected chi connectivity index (χ3v) is 5.84. The summed E-state index contributed by atoms with van der Waals surface area (Å²) in [4.78, 5) is 23.7. The van der Waals surface area contributed by atoms with Crippen LogP contribution in [0.3, 0.4) is 0 Å². The van der Waals surface area contributed by atoms with Crippen molar-refractivity contribution in [2.75, 3.05) is 58.9 Å². The van der Waals surface area contributed by atoms with Crippen LogP contribution in [0.4, 0.5) is 5.69 Å². The molecule has 7 heteroatoms. The zero-order valence-electron chi connectivity index (χ0n) is 17.4. The van der Waals surface area contributed by atoms with Gasteiger partial charge in [-0.3, -0.25) is 9.78 Å². The fourth-order valence-corrected chi connectivity index (χ4v) is 4.01. The number of aromatic nitrogens is 1. The average molecular weight is 396 g/mol. The van der Waals surface area contributed by atoms with Crippen molar-refractivity contribution in [3.63, 3.8) is 0 Å². The van der Waals surface area contributed by atoms with Gasteiger partial charge in [-0.15, -0.1) is 0 Å². The molecule has 4 rings (SSSR count). The molecule has 0 spiro atoms. The van der Waals surface area contributed by atoms with Gasteiger partial charge in [-0.1, -0.05) is 0 Å². The van der Waals surface area contributed by atoms with E-state index >= 15 is 0 Å². The molecule has 0 bridgehead atoms. The Labute approximate surface area is 171 Å². The Morgan fingerprint density at radius 1 is 0.931 bits per heavy atom. The molecule has 3 heterocycles. The van der Waals surface area contributed by atoms with E-state index in [-0.39, 0.29) is 5.91 Å². The number of nitrogens with zero attached hydrogens (tertiary/aromatic N) is 4. The number of carbonyl (C=O) groups excluding carboxylic acids is 1. The minimum Gasteiger partial charge on any atom is -0.493 e. The number of hydrogen-bond acceptors (Lipinski definition) is 6. The monoisotopic (exact) mass is 396 g/mol. The smallest absolute Gasteiger partial charge is 0.255 e. The van der Waals surface area contributed by atoms with Gasteiger partial charge in [0.15, 0.2) is 11.5 Å². The number of anilines is 1. The molecule has 29 heavy (non-hydrogen) atoms. The molecule has 1 fully saturated rings. The molecule has 1 aromatic carbocycles. The first-order valence-corrected chi connectivity index (χ1v) is 10.0. The Balaban J connectivity index is 1.53. The third kappa shape index (κ3) is 4.00. The van der Waals surface area contributed by atoms with Gasteiger partial charge in [-0.05, 0) is 42.8 Å². The zero-order chi connectivity index (χ0) is 20.4. The molecule has 0 radical (unpaired) electrons. The normalized spacial score (nSPS) is 17.1. The van der Waals surface area contributed by atoms with Crippen LogP contribution in [0.2, 0.25) is 0 Å². The molecule has 0 aliphatic carbocycles. The highest BCUT2D eigenvalue weighted by Crippen LogP contribution is 2.34. The third-order valence-electron chi connectivity index (χ3n) is 5.84. The summed E-state index contributed by atoms with van der Waals surface area (Å²) in [7, 11) is 5.40. The van der Waals surface area contributed by atoms with Crippen LogP contribution in [0.15, 0.2) is 30.6 Å². The van der Waals surface area contributed by atoms with Crippen LogP contribution in [0.25, 0.3) is 0 Å². The summed E-state index contributed by atoms with van der Waals surface area (Å²) in [5.74, 6) is 1.57. The van der Waals surface area contributed by atoms with Gasteiger partial charge in [0.2, 0.25) is 0 Å². The van der Waals surface area contributed by atoms with Crippen molar-refractivity contribution in [3.8, 4) is 11.5 Å². The largest absolute Gasteiger partial charge is 0.493 e. The molecule has 154 valence electrons. The first kappa shape index (κ1) is 19.5. The summed E-state index contributed by atoms with van der Waals surface area (Å²) in [6.07, 6.45) is 4.43. The number of fused-ring (bicyclic) bond motifs is 1. The molecule has 2 aliphatic rings. The number of benzene rings is 1. The van der Waals surface area contributed by atoms with E-state index in [1.165, 1.54) is 11.1 Å². The molecule has 1 amide bonds. The molecule has 0 saturated carbocycles. The molecule has 7 nitrogen and oxygen atoms in total. The lowest BCUT2D eigenvalue weighted by Gasteiger charge is -2.33. The predicted molar refractivity (Wildman–Crippen MR) is 112 cm³/mol. The van der Waals surface area contributed by atoms with Crippen LogP contribution in [0.5, 0.6) is 11.5 Å². The lowest BCUT2D eigenvalue weighted by atomic mass is 9.98. The van der Waals surface area contributed by atoms with Crippen LogP contribution in [-0.2, 0) is 13.0 Å². The van der Waals surface area contributed by atoms with Gasteiger partial charge < -0.3 is 24.2 Å². The number of hydrogen-bond donors (Lipinski definition) is 0. The van der Waals surface area contributed by atoms with Crippen LogP contribution in [0, 0.1) is 0 Å². The molecular formula is C22H28N4O3. The number of rotatable bonds is 4. The molecule has 0 unspecified atom stereocenters. The van der Waals surface area contributed by atoms with Gasteiger partial charge in [-0.25, -0.2) is 0 Å². The fourth-order valence-electron chi connectivity index (χ4n) is 4.01. The number of piperazine rings is 1. The van der Waals surface area contributed by atoms with E-state index in [2.05, 4.69) is 27.9 Å². The molecule has 2 aromatic rings. The Kier molecular flexibility index (Phi) is 5.58. The van der Waals surface area contributed by atoms with Gasteiger partial charge in [0.1, 0.15) is 0 Å². The summed E-state index contributed by atoms with van der Waals surface area (Å²) in [6.45, 7) is 4.97. The molecule has 0 N–H and O–H groups in total. The molecular weight excluding hydrogens is 368 g/mol. The van der Waals surface area contributed by atoms with E-state index in [1.807, 2.05) is 23.2 Å². The second kappa shape index (κ2) is 8.29. The van der Waals surface area contributed by atoms with E-state index in [1.54, 1.807) is 20.4 Å². The van der Waals surface area contributed by atoms with Gasteiger partial charge in [-0.2, -0.15) is 0 Å². The van der Waals surface area contributed by atoms with Crippen LogP contribution >= 0.6 is 0 Å². The van der Waals surface area contributed by atoms with E-state index in [0.717, 1.165) is 62.9 Å². The van der Waals surface area contributed by atoms with Crippen LogP contribution < -0.4 is 14.4 Å². The first-order chi connectivity index (χ1) is 14.1. The zero-order valence-corrected chi connectivity index (χ0v) is 17.4. The maximum Gasteiger partial charge on any atom is 0.255 e. The predicted octanol–water partition coefficient (Wildman–Crippen LogP) is 2.05. The minimum atomic E-state index is 0.0660. The summed E-state index contributed by atoms with van der Waals surface area (Å²) < 4.78 is 10.9. The molecule has 2 aliphatic heterocycles. The summed E-state index contributed by atoms with van der Waals surface area (Å²) >= 11 is 0. The maximum absolute atomic E-state index is 12.9. The van der Waals surface area contributed by atoms with Crippen molar-refractivity contribution in [3.05, 3.63) is 47.3 Å². The Morgan fingerprint density at radius 3 is 2.31 bits per heavy atom. The van der Waals surface area contributed by atoms with Gasteiger partial charge in [0.05, 0.1) is 31.7 Å². The number of methoxy groups -OCH3 is 2. The SMILES string of the molecule is COc1cc2c(cc1OC)CN(c1cncc(C(=O)N3CCN(C)CC3)c1)CC2. The first-order valence-electron chi connectivity index (χ1n) is 10.0. The van der Waals surface area contributed by atoms with Crippen molar-refractivity contribution < 1.29 is 14.3 Å². The van der Waals surface area contributed by atoms with Crippen molar-refractivity contribution in [2.24, 2.45) is 0 Å². The van der Waals surface area contributed by atoms with E-state index in [4.69, 9.17) is 9.47 Å². The van der Waals surface area contributed by atoms with E-state index < -0.39 is 0 Å². The number of ether oxygens (including phenoxy) is 2. The van der Waals surface area contributed by atoms with Crippen molar-refractivity contribution >= 4 is 11.6 Å². The molecule has 1 aromatic heterocycles. The van der Waals surface area contributed by atoms with Gasteiger partial charge >= 0.3 is 0 Å². The Hall–Kier alpha value is -2.80. The summed E-state index contributed by atoms with van der Waals surface area (Å²) in [5, 5.41) is 0. The fraction of sp³-hybridized carbons (Fsp3) is 0.455. The highest BCUT2D eigenvalue weighted by Gasteiger charge is 2.23. The highest BCUT2D eigenvalue weighted by atomic mass is 16.5. The van der Waals surface area contributed by atoms with Crippen LogP contribution in [0.1, 0.15) is 21.5 Å². The number of carbonyl (C=O) groups is 1. The quantitative estimate of drug-likeness (QED) is 0.789. The number of amides is 1. The van der Waals surface area contributed by atoms with Crippen molar-refractivity contribution in [1.82, 2.24) is 14.8 Å². The average Bonchev–Trinajstić information content (AvgIpc) is 2.77. The van der Waals surface area contributed by atoms with E-state index in [0.29, 0.717) is 5.56 Å². The lowest BCUT2D eigenvalue weighted by molar-refractivity contribution is 0.0663. The summed E-state index contributed by atoms with van der Waals surface area (Å²) in [6, 6.07) is 6.09. The number of likely N-dealkylation sites (N-methyl/N-ethyl adjacent to an activating group) is 1. The minimum absolute atomic E-state index is 0.0660. The van der Waals surface area contributed by atoms with Crippen molar-refractivity contribution in [2.45, 2.75) is 13.0 Å². The summed E-state index contributed by atoms with van der Waals surface area (Å²) in [5.41, 5.74) is 4.12. The van der Waals surface area contributed by atoms with E-state index in [9.17, 15) is 4.79 Å². The van der Waals surface area contributed by atoms with Gasteiger partial charge in [0.25, 0.3) is 5.91 Å². The highest BCUT2D eigenvalue weighted by molar-refractivity contribution is 5.94. The number of pyridine rings is 1. The Bertz CT molecular complexity index is 894. The second-order valence-electron chi connectivity index (χ2n) is 7.67.